The highest BCUT2D eigenvalue weighted by molar-refractivity contribution is 9.10. The normalized spacial score (nSPS) is 10.5. The molecular formula is C18H17BrN2O3. The smallest absolute Gasteiger partial charge is 0.203 e. The Balaban J connectivity index is 2.14. The number of imidazole rings is 1. The van der Waals surface area contributed by atoms with E-state index in [0.29, 0.717) is 17.2 Å². The molecule has 0 amide bonds. The van der Waals surface area contributed by atoms with Gasteiger partial charge in [0.05, 0.1) is 21.3 Å². The highest BCUT2D eigenvalue weighted by Gasteiger charge is 2.17. The first-order valence-corrected chi connectivity index (χ1v) is 8.07. The van der Waals surface area contributed by atoms with Gasteiger partial charge in [-0.05, 0) is 36.4 Å². The number of nitrogens with zero attached hydrogens (tertiary/aromatic N) is 2. The van der Waals surface area contributed by atoms with Gasteiger partial charge in [0.25, 0.3) is 0 Å². The Morgan fingerprint density at radius 2 is 1.54 bits per heavy atom. The summed E-state index contributed by atoms with van der Waals surface area (Å²) in [4.78, 5) is 4.49. The summed E-state index contributed by atoms with van der Waals surface area (Å²) in [6.45, 7) is 0. The van der Waals surface area contributed by atoms with E-state index in [0.717, 1.165) is 21.5 Å². The molecule has 0 aliphatic rings. The van der Waals surface area contributed by atoms with Gasteiger partial charge in [-0.25, -0.2) is 4.98 Å². The molecule has 6 heteroatoms. The van der Waals surface area contributed by atoms with Crippen LogP contribution in [0.3, 0.4) is 0 Å². The van der Waals surface area contributed by atoms with Gasteiger partial charge in [-0.15, -0.1) is 0 Å². The van der Waals surface area contributed by atoms with Crippen molar-refractivity contribution in [2.45, 2.75) is 0 Å². The Kier molecular flexibility index (Phi) is 4.76. The van der Waals surface area contributed by atoms with Crippen LogP contribution in [0.4, 0.5) is 0 Å². The molecule has 3 aromatic rings. The van der Waals surface area contributed by atoms with E-state index in [2.05, 4.69) is 20.9 Å². The second-order valence-corrected chi connectivity index (χ2v) is 5.93. The SMILES string of the molecule is COc1cc(-c2nccn2-c2ccc(Br)cc2)cc(OC)c1OC. The van der Waals surface area contributed by atoms with Crippen LogP contribution in [0.15, 0.2) is 53.3 Å². The maximum absolute atomic E-state index is 5.43. The van der Waals surface area contributed by atoms with Crippen LogP contribution in [-0.2, 0) is 0 Å². The van der Waals surface area contributed by atoms with E-state index in [4.69, 9.17) is 14.2 Å². The van der Waals surface area contributed by atoms with Crippen molar-refractivity contribution in [3.63, 3.8) is 0 Å². The molecule has 0 aliphatic heterocycles. The second-order valence-electron chi connectivity index (χ2n) is 5.01. The molecule has 0 aliphatic carbocycles. The van der Waals surface area contributed by atoms with Gasteiger partial charge in [0, 0.05) is 28.1 Å². The van der Waals surface area contributed by atoms with E-state index in [1.165, 1.54) is 0 Å². The standard InChI is InChI=1S/C18H17BrN2O3/c1-22-15-10-12(11-16(23-2)17(15)24-3)18-20-8-9-21(18)14-6-4-13(19)5-7-14/h4-11H,1-3H3. The number of benzene rings is 2. The molecule has 1 heterocycles. The predicted molar refractivity (Wildman–Crippen MR) is 96.4 cm³/mol. The van der Waals surface area contributed by atoms with Gasteiger partial charge in [0.15, 0.2) is 11.5 Å². The van der Waals surface area contributed by atoms with Gasteiger partial charge < -0.3 is 14.2 Å². The van der Waals surface area contributed by atoms with Crippen LogP contribution in [0, 0.1) is 0 Å². The molecule has 0 saturated carbocycles. The largest absolute Gasteiger partial charge is 0.493 e. The van der Waals surface area contributed by atoms with Crippen LogP contribution < -0.4 is 14.2 Å². The summed E-state index contributed by atoms with van der Waals surface area (Å²) in [6.07, 6.45) is 3.68. The summed E-state index contributed by atoms with van der Waals surface area (Å²) in [6, 6.07) is 11.8. The van der Waals surface area contributed by atoms with Gasteiger partial charge >= 0.3 is 0 Å². The number of rotatable bonds is 5. The van der Waals surface area contributed by atoms with Crippen molar-refractivity contribution >= 4 is 15.9 Å². The summed E-state index contributed by atoms with van der Waals surface area (Å²) in [5, 5.41) is 0. The first kappa shape index (κ1) is 16.4. The second kappa shape index (κ2) is 6.97. The monoisotopic (exact) mass is 388 g/mol. The van der Waals surface area contributed by atoms with Crippen molar-refractivity contribution in [3.8, 4) is 34.3 Å². The molecule has 0 N–H and O–H groups in total. The minimum absolute atomic E-state index is 0.561. The van der Waals surface area contributed by atoms with Gasteiger partial charge in [0.2, 0.25) is 5.75 Å². The fraction of sp³-hybridized carbons (Fsp3) is 0.167. The fourth-order valence-corrected chi connectivity index (χ4v) is 2.80. The van der Waals surface area contributed by atoms with Crippen molar-refractivity contribution in [1.29, 1.82) is 0 Å². The molecular weight excluding hydrogens is 372 g/mol. The zero-order valence-electron chi connectivity index (χ0n) is 13.6. The van der Waals surface area contributed by atoms with Crippen LogP contribution >= 0.6 is 15.9 Å². The van der Waals surface area contributed by atoms with Crippen LogP contribution in [0.5, 0.6) is 17.2 Å². The van der Waals surface area contributed by atoms with E-state index in [9.17, 15) is 0 Å². The van der Waals surface area contributed by atoms with Crippen molar-refractivity contribution in [2.24, 2.45) is 0 Å². The third kappa shape index (κ3) is 2.97. The molecule has 0 unspecified atom stereocenters. The van der Waals surface area contributed by atoms with E-state index < -0.39 is 0 Å². The van der Waals surface area contributed by atoms with Gasteiger partial charge in [-0.3, -0.25) is 4.57 Å². The van der Waals surface area contributed by atoms with Crippen LogP contribution in [0.2, 0.25) is 0 Å². The summed E-state index contributed by atoms with van der Waals surface area (Å²) < 4.78 is 19.3. The number of methoxy groups -OCH3 is 3. The maximum Gasteiger partial charge on any atom is 0.203 e. The lowest BCUT2D eigenvalue weighted by molar-refractivity contribution is 0.324. The van der Waals surface area contributed by atoms with Crippen LogP contribution in [-0.4, -0.2) is 30.9 Å². The molecule has 3 rings (SSSR count). The zero-order chi connectivity index (χ0) is 17.1. The Bertz CT molecular complexity index is 819. The summed E-state index contributed by atoms with van der Waals surface area (Å²) in [7, 11) is 4.79. The van der Waals surface area contributed by atoms with Crippen LogP contribution in [0.25, 0.3) is 17.1 Å². The van der Waals surface area contributed by atoms with Gasteiger partial charge in [-0.1, -0.05) is 15.9 Å². The number of aromatic nitrogens is 2. The number of hydrogen-bond donors (Lipinski definition) is 0. The third-order valence-corrected chi connectivity index (χ3v) is 4.20. The summed E-state index contributed by atoms with van der Waals surface area (Å²) in [5.41, 5.74) is 1.89. The number of hydrogen-bond acceptors (Lipinski definition) is 4. The predicted octanol–water partition coefficient (Wildman–Crippen LogP) is 4.33. The highest BCUT2D eigenvalue weighted by Crippen LogP contribution is 2.41. The van der Waals surface area contributed by atoms with E-state index >= 15 is 0 Å². The molecule has 0 fully saturated rings. The molecule has 0 radical (unpaired) electrons. The molecule has 2 aromatic carbocycles. The van der Waals surface area contributed by atoms with Crippen LogP contribution in [0.1, 0.15) is 0 Å². The lowest BCUT2D eigenvalue weighted by atomic mass is 10.1. The molecule has 0 atom stereocenters. The lowest BCUT2D eigenvalue weighted by Crippen LogP contribution is -1.99. The molecule has 0 bridgehead atoms. The van der Waals surface area contributed by atoms with Gasteiger partial charge in [-0.2, -0.15) is 0 Å². The van der Waals surface area contributed by atoms with E-state index in [1.54, 1.807) is 27.5 Å². The van der Waals surface area contributed by atoms with Crippen molar-refractivity contribution in [2.75, 3.05) is 21.3 Å². The molecule has 0 spiro atoms. The molecule has 124 valence electrons. The zero-order valence-corrected chi connectivity index (χ0v) is 15.2. The number of ether oxygens (including phenoxy) is 3. The first-order chi connectivity index (χ1) is 11.7. The lowest BCUT2D eigenvalue weighted by Gasteiger charge is -2.15. The topological polar surface area (TPSA) is 45.5 Å². The Morgan fingerprint density at radius 1 is 0.917 bits per heavy atom. The Hall–Kier alpha value is -2.47. The highest BCUT2D eigenvalue weighted by atomic mass is 79.9. The first-order valence-electron chi connectivity index (χ1n) is 7.27. The minimum Gasteiger partial charge on any atom is -0.493 e. The summed E-state index contributed by atoms with van der Waals surface area (Å²) >= 11 is 3.45. The van der Waals surface area contributed by atoms with Crippen molar-refractivity contribution < 1.29 is 14.2 Å². The molecule has 0 saturated heterocycles. The minimum atomic E-state index is 0.561. The quantitative estimate of drug-likeness (QED) is 0.652. The van der Waals surface area contributed by atoms with E-state index in [-0.39, 0.29) is 0 Å². The Morgan fingerprint density at radius 3 is 2.08 bits per heavy atom. The summed E-state index contributed by atoms with van der Waals surface area (Å²) in [5.74, 6) is 2.54. The third-order valence-electron chi connectivity index (χ3n) is 3.67. The average molecular weight is 389 g/mol. The van der Waals surface area contributed by atoms with E-state index in [1.807, 2.05) is 47.2 Å². The Labute approximate surface area is 148 Å². The molecule has 1 aromatic heterocycles. The van der Waals surface area contributed by atoms with Gasteiger partial charge in [0.1, 0.15) is 5.82 Å². The van der Waals surface area contributed by atoms with Crippen molar-refractivity contribution in [1.82, 2.24) is 9.55 Å². The number of halogens is 1. The maximum atomic E-state index is 5.43. The molecule has 24 heavy (non-hydrogen) atoms. The van der Waals surface area contributed by atoms with Crippen molar-refractivity contribution in [3.05, 3.63) is 53.3 Å². The molecule has 5 nitrogen and oxygen atoms in total. The fourth-order valence-electron chi connectivity index (χ4n) is 2.54. The average Bonchev–Trinajstić information content (AvgIpc) is 3.10.